The van der Waals surface area contributed by atoms with E-state index in [9.17, 15) is 22.8 Å². The predicted octanol–water partition coefficient (Wildman–Crippen LogP) is 2.16. The van der Waals surface area contributed by atoms with Crippen LogP contribution in [-0.4, -0.2) is 34.6 Å². The van der Waals surface area contributed by atoms with Gasteiger partial charge in [0.15, 0.2) is 11.9 Å². The van der Waals surface area contributed by atoms with Crippen molar-refractivity contribution in [2.24, 2.45) is 0 Å². The molecule has 0 aromatic carbocycles. The van der Waals surface area contributed by atoms with E-state index in [0.717, 1.165) is 6.42 Å². The lowest BCUT2D eigenvalue weighted by Gasteiger charge is -2.18. The standard InChI is InChI=1S/C14H18F3N3O3/c1-4-5-6-23-12(21)10(20-13(22)14(15,16)17)11-18-8(2)7-9(3)19-11/h7,10H,4-6H2,1-3H3,(H,20,22). The zero-order valence-corrected chi connectivity index (χ0v) is 13.0. The highest BCUT2D eigenvalue weighted by Gasteiger charge is 2.42. The van der Waals surface area contributed by atoms with E-state index < -0.39 is 24.1 Å². The molecule has 0 aliphatic heterocycles. The maximum absolute atomic E-state index is 12.4. The minimum Gasteiger partial charge on any atom is -0.464 e. The van der Waals surface area contributed by atoms with Gasteiger partial charge in [-0.15, -0.1) is 0 Å². The molecule has 1 aromatic heterocycles. The van der Waals surface area contributed by atoms with Crippen molar-refractivity contribution in [2.45, 2.75) is 45.8 Å². The van der Waals surface area contributed by atoms with Gasteiger partial charge in [0.25, 0.3) is 0 Å². The second-order valence-electron chi connectivity index (χ2n) is 4.93. The summed E-state index contributed by atoms with van der Waals surface area (Å²) in [7, 11) is 0. The number of carbonyl (C=O) groups excluding carboxylic acids is 2. The number of nitrogens with zero attached hydrogens (tertiary/aromatic N) is 2. The van der Waals surface area contributed by atoms with Crippen molar-refractivity contribution in [1.82, 2.24) is 15.3 Å². The largest absolute Gasteiger partial charge is 0.471 e. The molecule has 128 valence electrons. The number of hydrogen-bond donors (Lipinski definition) is 1. The van der Waals surface area contributed by atoms with Gasteiger partial charge < -0.3 is 10.1 Å². The summed E-state index contributed by atoms with van der Waals surface area (Å²) in [6, 6.07) is -0.117. The Morgan fingerprint density at radius 2 is 1.83 bits per heavy atom. The third kappa shape index (κ3) is 5.84. The number of halogens is 3. The summed E-state index contributed by atoms with van der Waals surface area (Å²) in [6.07, 6.45) is -3.83. The van der Waals surface area contributed by atoms with Crippen LogP contribution in [0.2, 0.25) is 0 Å². The first kappa shape index (κ1) is 18.9. The van der Waals surface area contributed by atoms with Gasteiger partial charge in [-0.25, -0.2) is 14.8 Å². The molecule has 0 fully saturated rings. The van der Waals surface area contributed by atoms with Crippen molar-refractivity contribution in [3.8, 4) is 0 Å². The minimum absolute atomic E-state index is 0.0402. The maximum Gasteiger partial charge on any atom is 0.471 e. The van der Waals surface area contributed by atoms with Crippen LogP contribution in [0.3, 0.4) is 0 Å². The Morgan fingerprint density at radius 3 is 2.30 bits per heavy atom. The highest BCUT2D eigenvalue weighted by Crippen LogP contribution is 2.19. The predicted molar refractivity (Wildman–Crippen MR) is 74.3 cm³/mol. The number of aryl methyl sites for hydroxylation is 2. The van der Waals surface area contributed by atoms with Crippen LogP contribution >= 0.6 is 0 Å². The number of unbranched alkanes of at least 4 members (excludes halogenated alkanes) is 1. The fraction of sp³-hybridized carbons (Fsp3) is 0.571. The van der Waals surface area contributed by atoms with Gasteiger partial charge in [0.05, 0.1) is 6.61 Å². The molecule has 1 atom stereocenters. The van der Waals surface area contributed by atoms with Crippen LogP contribution in [0, 0.1) is 13.8 Å². The number of esters is 1. The lowest BCUT2D eigenvalue weighted by molar-refractivity contribution is -0.176. The second-order valence-corrected chi connectivity index (χ2v) is 4.93. The van der Waals surface area contributed by atoms with E-state index in [0.29, 0.717) is 17.8 Å². The average molecular weight is 333 g/mol. The number of ether oxygens (including phenoxy) is 1. The molecule has 1 rings (SSSR count). The lowest BCUT2D eigenvalue weighted by atomic mass is 10.2. The normalized spacial score (nSPS) is 12.6. The smallest absolute Gasteiger partial charge is 0.464 e. The summed E-state index contributed by atoms with van der Waals surface area (Å²) >= 11 is 0. The van der Waals surface area contributed by atoms with Crippen LogP contribution in [0.15, 0.2) is 6.07 Å². The molecule has 0 radical (unpaired) electrons. The van der Waals surface area contributed by atoms with Crippen molar-refractivity contribution < 1.29 is 27.5 Å². The second kappa shape index (κ2) is 7.89. The quantitative estimate of drug-likeness (QED) is 0.637. The highest BCUT2D eigenvalue weighted by atomic mass is 19.4. The number of amides is 1. The van der Waals surface area contributed by atoms with E-state index in [-0.39, 0.29) is 12.4 Å². The summed E-state index contributed by atoms with van der Waals surface area (Å²) in [5.41, 5.74) is 0.917. The third-order valence-corrected chi connectivity index (χ3v) is 2.77. The number of aromatic nitrogens is 2. The fourth-order valence-corrected chi connectivity index (χ4v) is 1.72. The molecule has 0 aliphatic carbocycles. The van der Waals surface area contributed by atoms with Crippen molar-refractivity contribution in [3.05, 3.63) is 23.3 Å². The molecule has 0 bridgehead atoms. The molecule has 1 heterocycles. The maximum atomic E-state index is 12.4. The SMILES string of the molecule is CCCCOC(=O)C(NC(=O)C(F)(F)F)c1nc(C)cc(C)n1. The molecule has 0 spiro atoms. The number of carbonyl (C=O) groups is 2. The van der Waals surface area contributed by atoms with Gasteiger partial charge >= 0.3 is 18.1 Å². The Hall–Kier alpha value is -2.19. The molecule has 0 aliphatic rings. The van der Waals surface area contributed by atoms with Gasteiger partial charge in [0.2, 0.25) is 0 Å². The molecule has 1 aromatic rings. The highest BCUT2D eigenvalue weighted by molar-refractivity contribution is 5.87. The number of hydrogen-bond acceptors (Lipinski definition) is 5. The third-order valence-electron chi connectivity index (χ3n) is 2.77. The first-order valence-electron chi connectivity index (χ1n) is 7.01. The summed E-state index contributed by atoms with van der Waals surface area (Å²) < 4.78 is 42.2. The van der Waals surface area contributed by atoms with Crippen LogP contribution in [0.1, 0.15) is 43.0 Å². The average Bonchev–Trinajstić information content (AvgIpc) is 2.42. The zero-order chi connectivity index (χ0) is 17.6. The Kier molecular flexibility index (Phi) is 6.47. The van der Waals surface area contributed by atoms with E-state index in [1.807, 2.05) is 6.92 Å². The van der Waals surface area contributed by atoms with Gasteiger partial charge in [0.1, 0.15) is 0 Å². The van der Waals surface area contributed by atoms with E-state index in [1.165, 1.54) is 0 Å². The van der Waals surface area contributed by atoms with E-state index in [4.69, 9.17) is 4.74 Å². The molecule has 23 heavy (non-hydrogen) atoms. The molecule has 1 amide bonds. The van der Waals surface area contributed by atoms with Crippen LogP contribution < -0.4 is 5.32 Å². The van der Waals surface area contributed by atoms with Gasteiger partial charge in [-0.3, -0.25) is 4.79 Å². The van der Waals surface area contributed by atoms with Gasteiger partial charge in [-0.05, 0) is 26.3 Å². The molecule has 1 unspecified atom stereocenters. The lowest BCUT2D eigenvalue weighted by Crippen LogP contribution is -2.43. The summed E-state index contributed by atoms with van der Waals surface area (Å²) in [5.74, 6) is -3.51. The monoisotopic (exact) mass is 333 g/mol. The molecular formula is C14H18F3N3O3. The van der Waals surface area contributed by atoms with Crippen LogP contribution in [0.4, 0.5) is 13.2 Å². The molecule has 6 nitrogen and oxygen atoms in total. The summed E-state index contributed by atoms with van der Waals surface area (Å²) in [5, 5.41) is 1.59. The van der Waals surface area contributed by atoms with Crippen molar-refractivity contribution in [2.75, 3.05) is 6.61 Å². The molecule has 1 N–H and O–H groups in total. The van der Waals surface area contributed by atoms with Gasteiger partial charge in [-0.1, -0.05) is 13.3 Å². The molecular weight excluding hydrogens is 315 g/mol. The van der Waals surface area contributed by atoms with E-state index in [1.54, 1.807) is 25.2 Å². The number of nitrogens with one attached hydrogen (secondary N) is 1. The summed E-state index contributed by atoms with van der Waals surface area (Å²) in [6.45, 7) is 5.11. The first-order valence-corrected chi connectivity index (χ1v) is 7.01. The van der Waals surface area contributed by atoms with E-state index in [2.05, 4.69) is 9.97 Å². The van der Waals surface area contributed by atoms with Crippen LogP contribution in [-0.2, 0) is 14.3 Å². The summed E-state index contributed by atoms with van der Waals surface area (Å²) in [4.78, 5) is 31.0. The topological polar surface area (TPSA) is 81.2 Å². The Labute approximate surface area is 131 Å². The molecule has 9 heteroatoms. The molecule has 0 saturated heterocycles. The van der Waals surface area contributed by atoms with Crippen LogP contribution in [0.25, 0.3) is 0 Å². The van der Waals surface area contributed by atoms with Gasteiger partial charge in [-0.2, -0.15) is 13.2 Å². The van der Waals surface area contributed by atoms with Crippen molar-refractivity contribution in [1.29, 1.82) is 0 Å². The number of rotatable bonds is 6. The van der Waals surface area contributed by atoms with Crippen molar-refractivity contribution >= 4 is 11.9 Å². The minimum atomic E-state index is -5.12. The first-order chi connectivity index (χ1) is 10.6. The van der Waals surface area contributed by atoms with Crippen molar-refractivity contribution in [3.63, 3.8) is 0 Å². The Balaban J connectivity index is 3.05. The number of alkyl halides is 3. The fourth-order valence-electron chi connectivity index (χ4n) is 1.72. The zero-order valence-electron chi connectivity index (χ0n) is 13.0. The molecule has 0 saturated carbocycles. The van der Waals surface area contributed by atoms with Crippen LogP contribution in [0.5, 0.6) is 0 Å². The Bertz CT molecular complexity index is 556. The van der Waals surface area contributed by atoms with Gasteiger partial charge in [0, 0.05) is 11.4 Å². The Morgan fingerprint density at radius 1 is 1.26 bits per heavy atom. The van der Waals surface area contributed by atoms with E-state index >= 15 is 0 Å².